The Balaban J connectivity index is 0.00000161. The molecule has 0 aliphatic carbocycles. The van der Waals surface area contributed by atoms with Crippen LogP contribution in [0.1, 0.15) is 0 Å². The maximum atomic E-state index is 4.15. The van der Waals surface area contributed by atoms with Crippen molar-refractivity contribution in [1.29, 1.82) is 0 Å². The molecule has 0 amide bonds. The van der Waals surface area contributed by atoms with E-state index in [1.54, 1.807) is 0 Å². The van der Waals surface area contributed by atoms with Crippen LogP contribution in [0.4, 0.5) is 0 Å². The maximum absolute atomic E-state index is 4.15. The molecule has 0 fully saturated rings. The summed E-state index contributed by atoms with van der Waals surface area (Å²) in [4.78, 5) is 0. The van der Waals surface area contributed by atoms with E-state index in [0.29, 0.717) is 0 Å². The van der Waals surface area contributed by atoms with Crippen LogP contribution in [0.15, 0.2) is 91.0 Å². The maximum Gasteiger partial charge on any atom is 0 e. The van der Waals surface area contributed by atoms with Crippen molar-refractivity contribution in [1.82, 2.24) is 0 Å². The fourth-order valence-electron chi connectivity index (χ4n) is 2.50. The molecule has 3 aromatic carbocycles. The van der Waals surface area contributed by atoms with Gasteiger partial charge in [-0.2, -0.15) is 0 Å². The third kappa shape index (κ3) is 3.30. The summed E-state index contributed by atoms with van der Waals surface area (Å²) in [5.41, 5.74) is 0. The van der Waals surface area contributed by atoms with E-state index in [2.05, 4.69) is 106 Å². The molecule has 0 unspecified atom stereocenters. The van der Waals surface area contributed by atoms with E-state index in [1.807, 2.05) is 0 Å². The van der Waals surface area contributed by atoms with Gasteiger partial charge in [-0.15, -0.1) is 0 Å². The van der Waals surface area contributed by atoms with Crippen molar-refractivity contribution >= 4 is 37.4 Å². The van der Waals surface area contributed by atoms with Gasteiger partial charge < -0.3 is 0 Å². The van der Waals surface area contributed by atoms with Crippen molar-refractivity contribution in [3.8, 4) is 0 Å². The normalized spacial score (nSPS) is 11.5. The molecule has 3 heteroatoms. The van der Waals surface area contributed by atoms with Crippen molar-refractivity contribution in [2.24, 2.45) is 0 Å². The SMILES string of the molecule is Br[PH](c1ccccc1)(c1ccccc1)c1ccccc1.[Cu]. The van der Waals surface area contributed by atoms with E-state index in [-0.39, 0.29) is 17.1 Å². The predicted octanol–water partition coefficient (Wildman–Crippen LogP) is 4.02. The molecule has 0 nitrogen and oxygen atoms in total. The quantitative estimate of drug-likeness (QED) is 0.455. The van der Waals surface area contributed by atoms with Gasteiger partial charge in [0.2, 0.25) is 0 Å². The van der Waals surface area contributed by atoms with Crippen LogP contribution in [0.3, 0.4) is 0 Å². The Morgan fingerprint density at radius 3 is 0.952 bits per heavy atom. The van der Waals surface area contributed by atoms with Crippen molar-refractivity contribution in [3.63, 3.8) is 0 Å². The van der Waals surface area contributed by atoms with Crippen LogP contribution >= 0.6 is 21.5 Å². The van der Waals surface area contributed by atoms with Gasteiger partial charge in [0.15, 0.2) is 0 Å². The molecule has 0 spiro atoms. The molecule has 0 saturated carbocycles. The minimum Gasteiger partial charge on any atom is 0 e. The molecule has 21 heavy (non-hydrogen) atoms. The van der Waals surface area contributed by atoms with Crippen LogP contribution in [0.25, 0.3) is 0 Å². The van der Waals surface area contributed by atoms with Crippen LogP contribution < -0.4 is 15.9 Å². The summed E-state index contributed by atoms with van der Waals surface area (Å²) < 4.78 is 0. The van der Waals surface area contributed by atoms with E-state index in [1.165, 1.54) is 15.9 Å². The number of hydrogen-bond acceptors (Lipinski definition) is 0. The van der Waals surface area contributed by atoms with Gasteiger partial charge in [-0.3, -0.25) is 0 Å². The average molecular weight is 407 g/mol. The van der Waals surface area contributed by atoms with E-state index in [9.17, 15) is 0 Å². The molecule has 3 rings (SSSR count). The topological polar surface area (TPSA) is 0 Å². The Labute approximate surface area is 145 Å². The van der Waals surface area contributed by atoms with E-state index < -0.39 is 5.96 Å². The third-order valence-electron chi connectivity index (χ3n) is 3.51. The van der Waals surface area contributed by atoms with Gasteiger partial charge in [-0.25, -0.2) is 0 Å². The average Bonchev–Trinajstić information content (AvgIpc) is 2.56. The van der Waals surface area contributed by atoms with Crippen LogP contribution in [0.5, 0.6) is 0 Å². The van der Waals surface area contributed by atoms with Crippen LogP contribution in [0, 0.1) is 0 Å². The van der Waals surface area contributed by atoms with Gasteiger partial charge in [0.1, 0.15) is 0 Å². The summed E-state index contributed by atoms with van der Waals surface area (Å²) in [6, 6.07) is 32.2. The molecule has 1 radical (unpaired) electrons. The molecule has 0 aromatic heterocycles. The van der Waals surface area contributed by atoms with Gasteiger partial charge in [-0.1, -0.05) is 0 Å². The summed E-state index contributed by atoms with van der Waals surface area (Å²) in [6.45, 7) is 0. The minimum absolute atomic E-state index is 0. The van der Waals surface area contributed by atoms with E-state index in [0.717, 1.165) is 0 Å². The monoisotopic (exact) mass is 405 g/mol. The summed E-state index contributed by atoms with van der Waals surface area (Å²) in [5, 5.41) is 4.12. The van der Waals surface area contributed by atoms with E-state index in [4.69, 9.17) is 0 Å². The fraction of sp³-hybridized carbons (Fsp3) is 0. The zero-order chi connectivity index (χ0) is 13.8. The molecular weight excluding hydrogens is 391 g/mol. The molecular formula is C18H16BrCuP. The number of benzene rings is 3. The van der Waals surface area contributed by atoms with Gasteiger partial charge in [0.05, 0.1) is 0 Å². The predicted molar refractivity (Wildman–Crippen MR) is 95.5 cm³/mol. The van der Waals surface area contributed by atoms with Gasteiger partial charge >= 0.3 is 128 Å². The second kappa shape index (κ2) is 7.38. The zero-order valence-corrected chi connectivity index (χ0v) is 14.9. The Morgan fingerprint density at radius 2 is 0.714 bits per heavy atom. The molecule has 0 N–H and O–H groups in total. The standard InChI is InChI=1S/C18H16BrP.Cu/c19-20(16-10-4-1-5-11-16,17-12-6-2-7-13-17)18-14-8-3-9-15-18;/h1-15,20H;. The summed E-state index contributed by atoms with van der Waals surface area (Å²) in [5.74, 6) is -2.07. The Bertz CT molecular complexity index is 575. The van der Waals surface area contributed by atoms with Crippen LogP contribution in [-0.2, 0) is 17.1 Å². The van der Waals surface area contributed by atoms with Crippen LogP contribution in [0.2, 0.25) is 0 Å². The number of hydrogen-bond donors (Lipinski definition) is 0. The Morgan fingerprint density at radius 1 is 0.476 bits per heavy atom. The van der Waals surface area contributed by atoms with Gasteiger partial charge in [-0.05, 0) is 0 Å². The number of halogens is 1. The first-order valence-electron chi connectivity index (χ1n) is 6.67. The second-order valence-corrected chi connectivity index (χ2v) is 11.4. The second-order valence-electron chi connectivity index (χ2n) is 4.76. The molecule has 0 heterocycles. The molecule has 0 atom stereocenters. The van der Waals surface area contributed by atoms with Crippen molar-refractivity contribution < 1.29 is 17.1 Å². The van der Waals surface area contributed by atoms with Gasteiger partial charge in [0.25, 0.3) is 0 Å². The van der Waals surface area contributed by atoms with Crippen molar-refractivity contribution in [2.45, 2.75) is 0 Å². The molecule has 0 bridgehead atoms. The smallest absolute Gasteiger partial charge is 0 e. The number of rotatable bonds is 3. The zero-order valence-electron chi connectivity index (χ0n) is 11.3. The molecule has 0 aliphatic rings. The minimum atomic E-state index is -2.07. The first-order valence-corrected chi connectivity index (χ1v) is 10.9. The molecule has 0 aliphatic heterocycles. The first-order chi connectivity index (χ1) is 9.82. The Kier molecular flexibility index (Phi) is 5.79. The molecule has 3 aromatic rings. The van der Waals surface area contributed by atoms with Gasteiger partial charge in [0, 0.05) is 17.1 Å². The van der Waals surface area contributed by atoms with Crippen molar-refractivity contribution in [3.05, 3.63) is 91.0 Å². The molecule has 111 valence electrons. The van der Waals surface area contributed by atoms with Crippen molar-refractivity contribution in [2.75, 3.05) is 0 Å². The first kappa shape index (κ1) is 16.5. The van der Waals surface area contributed by atoms with Crippen LogP contribution in [-0.4, -0.2) is 0 Å². The summed E-state index contributed by atoms with van der Waals surface area (Å²) in [7, 11) is 0. The summed E-state index contributed by atoms with van der Waals surface area (Å²) >= 11 is 4.15. The third-order valence-corrected chi connectivity index (χ3v) is 11.0. The Hall–Kier alpha value is -0.911. The molecule has 0 saturated heterocycles. The summed E-state index contributed by atoms with van der Waals surface area (Å²) in [6.07, 6.45) is 0. The largest absolute Gasteiger partial charge is 0 e. The van der Waals surface area contributed by atoms with E-state index >= 15 is 0 Å². The fourth-order valence-corrected chi connectivity index (χ4v) is 7.84.